The van der Waals surface area contributed by atoms with E-state index in [4.69, 9.17) is 4.74 Å². The van der Waals surface area contributed by atoms with Crippen LogP contribution in [0.25, 0.3) is 0 Å². The summed E-state index contributed by atoms with van der Waals surface area (Å²) in [7, 11) is 0. The van der Waals surface area contributed by atoms with Crippen LogP contribution in [0.5, 0.6) is 0 Å². The maximum absolute atomic E-state index is 12.8. The zero-order chi connectivity index (χ0) is 18.2. The molecule has 23 heavy (non-hydrogen) atoms. The normalized spacial score (nSPS) is 22.0. The minimum atomic E-state index is -1.21. The van der Waals surface area contributed by atoms with E-state index in [1.807, 2.05) is 0 Å². The summed E-state index contributed by atoms with van der Waals surface area (Å²) in [5.74, 6) is -1.21. The molecule has 3 amide bonds. The van der Waals surface area contributed by atoms with Gasteiger partial charge < -0.3 is 19.8 Å². The molecule has 0 radical (unpaired) electrons. The van der Waals surface area contributed by atoms with Crippen molar-refractivity contribution in [3.05, 3.63) is 0 Å². The number of aliphatic hydroxyl groups is 1. The predicted molar refractivity (Wildman–Crippen MR) is 82.0 cm³/mol. The van der Waals surface area contributed by atoms with Gasteiger partial charge in [-0.1, -0.05) is 0 Å². The van der Waals surface area contributed by atoms with Gasteiger partial charge in [0, 0.05) is 18.5 Å². The highest BCUT2D eigenvalue weighted by Gasteiger charge is 2.45. The lowest BCUT2D eigenvalue weighted by atomic mass is 10.1. The molecule has 132 valence electrons. The number of carboxylic acids is 1. The number of carbonyl (C=O) groups is 3. The molecule has 0 aromatic heterocycles. The molecule has 1 heterocycles. The van der Waals surface area contributed by atoms with E-state index in [1.165, 1.54) is 0 Å². The number of likely N-dealkylation sites (tertiary alicyclic amines) is 1. The molecule has 1 aliphatic rings. The zero-order valence-electron chi connectivity index (χ0n) is 14.5. The molecule has 1 fully saturated rings. The van der Waals surface area contributed by atoms with Crippen molar-refractivity contribution in [1.82, 2.24) is 9.80 Å². The highest BCUT2D eigenvalue weighted by Crippen LogP contribution is 2.25. The molecule has 1 aliphatic heterocycles. The number of urea groups is 1. The summed E-state index contributed by atoms with van der Waals surface area (Å²) in [5, 5.41) is 18.9. The number of hydrogen-bond acceptors (Lipinski definition) is 5. The number of β-amino-alcohol motifs (C(OH)–C–C–N with tert-alkyl or cyclic N) is 1. The Hall–Kier alpha value is -1.83. The maximum atomic E-state index is 12.8. The van der Waals surface area contributed by atoms with E-state index in [0.29, 0.717) is 0 Å². The fourth-order valence-corrected chi connectivity index (χ4v) is 2.33. The molecule has 0 aromatic carbocycles. The lowest BCUT2D eigenvalue weighted by Gasteiger charge is -2.38. The van der Waals surface area contributed by atoms with Gasteiger partial charge in [0.05, 0.1) is 6.10 Å². The third kappa shape index (κ3) is 4.82. The Labute approximate surface area is 136 Å². The maximum Gasteiger partial charge on any atom is 0.419 e. The molecule has 0 aromatic rings. The Morgan fingerprint density at radius 2 is 1.65 bits per heavy atom. The third-order valence-electron chi connectivity index (χ3n) is 3.25. The van der Waals surface area contributed by atoms with Crippen molar-refractivity contribution in [2.24, 2.45) is 0 Å². The Bertz CT molecular complexity index is 491. The predicted octanol–water partition coefficient (Wildman–Crippen LogP) is 1.66. The first-order valence-corrected chi connectivity index (χ1v) is 7.48. The van der Waals surface area contributed by atoms with Crippen LogP contribution < -0.4 is 0 Å². The van der Waals surface area contributed by atoms with Gasteiger partial charge >= 0.3 is 18.1 Å². The summed E-state index contributed by atoms with van der Waals surface area (Å²) in [6, 6.07) is -1.94. The van der Waals surface area contributed by atoms with E-state index >= 15 is 0 Å². The third-order valence-corrected chi connectivity index (χ3v) is 3.25. The van der Waals surface area contributed by atoms with Crippen molar-refractivity contribution >= 4 is 18.1 Å². The van der Waals surface area contributed by atoms with Crippen LogP contribution >= 0.6 is 0 Å². The molecule has 0 unspecified atom stereocenters. The molecule has 1 rings (SSSR count). The molecule has 8 heteroatoms. The van der Waals surface area contributed by atoms with Gasteiger partial charge in [-0.25, -0.2) is 19.3 Å². The SMILES string of the molecule is CC(C)(C)OC(=O)N(C(=O)N1C[C@H](O)C[C@H]1C(=O)O)C(C)(C)C. The molecular weight excluding hydrogens is 304 g/mol. The quantitative estimate of drug-likeness (QED) is 0.757. The number of carboxylic acid groups (broad SMARTS) is 1. The van der Waals surface area contributed by atoms with Gasteiger partial charge in [0.1, 0.15) is 11.6 Å². The molecule has 0 bridgehead atoms. The first-order valence-electron chi connectivity index (χ1n) is 7.48. The van der Waals surface area contributed by atoms with Gasteiger partial charge in [0.25, 0.3) is 0 Å². The van der Waals surface area contributed by atoms with E-state index < -0.39 is 41.4 Å². The lowest BCUT2D eigenvalue weighted by Crippen LogP contribution is -2.57. The minimum absolute atomic E-state index is 0.0621. The summed E-state index contributed by atoms with van der Waals surface area (Å²) in [6.07, 6.45) is -1.84. The number of aliphatic carboxylic acids is 1. The van der Waals surface area contributed by atoms with Crippen LogP contribution in [0.4, 0.5) is 9.59 Å². The van der Waals surface area contributed by atoms with Crippen molar-refractivity contribution < 1.29 is 29.3 Å². The number of rotatable bonds is 1. The van der Waals surface area contributed by atoms with Crippen LogP contribution in [-0.4, -0.2) is 67.9 Å². The number of imide groups is 1. The topological polar surface area (TPSA) is 107 Å². The van der Waals surface area contributed by atoms with Crippen molar-refractivity contribution in [2.45, 2.75) is 71.2 Å². The summed E-state index contributed by atoms with van der Waals surface area (Å²) in [5.41, 5.74) is -1.70. The largest absolute Gasteiger partial charge is 0.480 e. The van der Waals surface area contributed by atoms with E-state index in [1.54, 1.807) is 41.5 Å². The molecule has 0 aliphatic carbocycles. The second-order valence-electron chi connectivity index (χ2n) is 7.67. The second-order valence-corrected chi connectivity index (χ2v) is 7.67. The van der Waals surface area contributed by atoms with Crippen molar-refractivity contribution in [1.29, 1.82) is 0 Å². The Morgan fingerprint density at radius 3 is 2.04 bits per heavy atom. The number of hydrogen-bond donors (Lipinski definition) is 2. The molecule has 0 saturated carbocycles. The summed E-state index contributed by atoms with van der Waals surface area (Å²) < 4.78 is 5.26. The Kier molecular flexibility index (Phi) is 5.30. The smallest absolute Gasteiger partial charge is 0.419 e. The van der Waals surface area contributed by atoms with Gasteiger partial charge in [-0.05, 0) is 41.5 Å². The zero-order valence-corrected chi connectivity index (χ0v) is 14.5. The van der Waals surface area contributed by atoms with Crippen LogP contribution in [0.15, 0.2) is 0 Å². The van der Waals surface area contributed by atoms with Gasteiger partial charge in [0.2, 0.25) is 0 Å². The van der Waals surface area contributed by atoms with Gasteiger partial charge in [-0.15, -0.1) is 0 Å². The minimum Gasteiger partial charge on any atom is -0.480 e. The molecule has 8 nitrogen and oxygen atoms in total. The van der Waals surface area contributed by atoms with Crippen LogP contribution in [0.1, 0.15) is 48.0 Å². The Balaban J connectivity index is 3.10. The van der Waals surface area contributed by atoms with E-state index in [9.17, 15) is 24.6 Å². The van der Waals surface area contributed by atoms with Crippen LogP contribution in [0.3, 0.4) is 0 Å². The molecule has 1 saturated heterocycles. The fraction of sp³-hybridized carbons (Fsp3) is 0.800. The van der Waals surface area contributed by atoms with E-state index in [-0.39, 0.29) is 13.0 Å². The summed E-state index contributed by atoms with van der Waals surface area (Å²) in [4.78, 5) is 38.4. The van der Waals surface area contributed by atoms with Gasteiger partial charge in [-0.3, -0.25) is 0 Å². The molecule has 2 N–H and O–H groups in total. The first-order chi connectivity index (χ1) is 10.2. The monoisotopic (exact) mass is 330 g/mol. The first kappa shape index (κ1) is 19.2. The second kappa shape index (κ2) is 6.35. The van der Waals surface area contributed by atoms with Crippen molar-refractivity contribution in [2.75, 3.05) is 6.54 Å². The number of aliphatic hydroxyl groups excluding tert-OH is 1. The highest BCUT2D eigenvalue weighted by molar-refractivity contribution is 5.94. The average Bonchev–Trinajstić information content (AvgIpc) is 2.66. The molecule has 0 spiro atoms. The average molecular weight is 330 g/mol. The fourth-order valence-electron chi connectivity index (χ4n) is 2.33. The van der Waals surface area contributed by atoms with E-state index in [2.05, 4.69) is 0 Å². The molecular formula is C15H26N2O6. The summed E-state index contributed by atoms with van der Waals surface area (Å²) >= 11 is 0. The standard InChI is InChI=1S/C15H26N2O6/c1-14(2,3)17(13(22)23-15(4,5)6)12(21)16-8-9(18)7-10(16)11(19)20/h9-10,18H,7-8H2,1-6H3,(H,19,20)/t9-,10+/m1/s1. The number of amides is 3. The van der Waals surface area contributed by atoms with Crippen LogP contribution in [0.2, 0.25) is 0 Å². The number of nitrogens with zero attached hydrogens (tertiary/aromatic N) is 2. The van der Waals surface area contributed by atoms with Crippen LogP contribution in [0, 0.1) is 0 Å². The van der Waals surface area contributed by atoms with Crippen molar-refractivity contribution in [3.63, 3.8) is 0 Å². The number of carbonyl (C=O) groups excluding carboxylic acids is 2. The van der Waals surface area contributed by atoms with Crippen LogP contribution in [-0.2, 0) is 9.53 Å². The highest BCUT2D eigenvalue weighted by atomic mass is 16.6. The molecule has 2 atom stereocenters. The number of ether oxygens (including phenoxy) is 1. The summed E-state index contributed by atoms with van der Waals surface area (Å²) in [6.45, 7) is 9.85. The van der Waals surface area contributed by atoms with Gasteiger partial charge in [0.15, 0.2) is 0 Å². The van der Waals surface area contributed by atoms with Gasteiger partial charge in [-0.2, -0.15) is 0 Å². The van der Waals surface area contributed by atoms with E-state index in [0.717, 1.165) is 9.80 Å². The van der Waals surface area contributed by atoms with Crippen molar-refractivity contribution in [3.8, 4) is 0 Å². The lowest BCUT2D eigenvalue weighted by molar-refractivity contribution is -0.141. The Morgan fingerprint density at radius 1 is 1.13 bits per heavy atom.